The molecule has 0 atom stereocenters. The molecule has 8 nitrogen and oxygen atoms in total. The van der Waals surface area contributed by atoms with Crippen LogP contribution in [-0.2, 0) is 11.3 Å². The zero-order valence-corrected chi connectivity index (χ0v) is 15.3. The molecule has 0 spiro atoms. The van der Waals surface area contributed by atoms with Gasteiger partial charge in [-0.2, -0.15) is 0 Å². The van der Waals surface area contributed by atoms with Gasteiger partial charge in [0.05, 0.1) is 5.75 Å². The molecular formula is C16H22N6O2S. The molecule has 0 aliphatic rings. The predicted molar refractivity (Wildman–Crippen MR) is 96.5 cm³/mol. The number of benzene rings is 1. The van der Waals surface area contributed by atoms with Gasteiger partial charge < -0.3 is 10.6 Å². The SMILES string of the molecule is CCNC(=O)c1cccc(NC(=O)CSc2nnnn2CC(C)C)c1. The summed E-state index contributed by atoms with van der Waals surface area (Å²) in [6.07, 6.45) is 0. The summed E-state index contributed by atoms with van der Waals surface area (Å²) >= 11 is 1.28. The summed E-state index contributed by atoms with van der Waals surface area (Å²) < 4.78 is 1.69. The Morgan fingerprint density at radius 3 is 2.84 bits per heavy atom. The smallest absolute Gasteiger partial charge is 0.251 e. The van der Waals surface area contributed by atoms with Crippen LogP contribution >= 0.6 is 11.8 Å². The summed E-state index contributed by atoms with van der Waals surface area (Å²) in [6.45, 7) is 7.26. The Bertz CT molecular complexity index is 731. The first-order chi connectivity index (χ1) is 12.0. The van der Waals surface area contributed by atoms with Crippen molar-refractivity contribution in [3.8, 4) is 0 Å². The fraction of sp³-hybridized carbons (Fsp3) is 0.438. The number of hydrogen-bond donors (Lipinski definition) is 2. The standard InChI is InChI=1S/C16H22N6O2S/c1-4-17-15(24)12-6-5-7-13(8-12)18-14(23)10-25-16-19-20-21-22(16)9-11(2)3/h5-8,11H,4,9-10H2,1-3H3,(H,17,24)(H,18,23). The molecule has 134 valence electrons. The number of rotatable bonds is 8. The average molecular weight is 362 g/mol. The van der Waals surface area contributed by atoms with E-state index >= 15 is 0 Å². The van der Waals surface area contributed by atoms with Crippen molar-refractivity contribution < 1.29 is 9.59 Å². The molecule has 2 amide bonds. The van der Waals surface area contributed by atoms with Crippen LogP contribution in [0.2, 0.25) is 0 Å². The third-order valence-electron chi connectivity index (χ3n) is 3.12. The van der Waals surface area contributed by atoms with Gasteiger partial charge in [0.1, 0.15) is 0 Å². The van der Waals surface area contributed by atoms with E-state index in [0.29, 0.717) is 35.4 Å². The van der Waals surface area contributed by atoms with E-state index in [-0.39, 0.29) is 17.6 Å². The Morgan fingerprint density at radius 1 is 1.32 bits per heavy atom. The number of anilines is 1. The maximum atomic E-state index is 12.1. The van der Waals surface area contributed by atoms with Crippen LogP contribution in [0.3, 0.4) is 0 Å². The van der Waals surface area contributed by atoms with E-state index in [1.165, 1.54) is 11.8 Å². The Morgan fingerprint density at radius 2 is 2.12 bits per heavy atom. The number of tetrazole rings is 1. The van der Waals surface area contributed by atoms with E-state index in [9.17, 15) is 9.59 Å². The average Bonchev–Trinajstić information content (AvgIpc) is 3.00. The molecule has 0 bridgehead atoms. The van der Waals surface area contributed by atoms with Gasteiger partial charge >= 0.3 is 0 Å². The second-order valence-electron chi connectivity index (χ2n) is 5.81. The molecule has 1 aromatic carbocycles. The number of hydrogen-bond acceptors (Lipinski definition) is 6. The van der Waals surface area contributed by atoms with Gasteiger partial charge in [0.2, 0.25) is 11.1 Å². The Hall–Kier alpha value is -2.42. The molecule has 0 aliphatic carbocycles. The minimum atomic E-state index is -0.183. The lowest BCUT2D eigenvalue weighted by Crippen LogP contribution is -2.23. The van der Waals surface area contributed by atoms with E-state index in [0.717, 1.165) is 0 Å². The van der Waals surface area contributed by atoms with Gasteiger partial charge in [0.15, 0.2) is 0 Å². The van der Waals surface area contributed by atoms with Gasteiger partial charge in [-0.1, -0.05) is 31.7 Å². The van der Waals surface area contributed by atoms with Crippen LogP contribution in [0.5, 0.6) is 0 Å². The van der Waals surface area contributed by atoms with Gasteiger partial charge in [-0.25, -0.2) is 4.68 Å². The second-order valence-corrected chi connectivity index (χ2v) is 6.76. The number of carbonyl (C=O) groups excluding carboxylic acids is 2. The van der Waals surface area contributed by atoms with Crippen molar-refractivity contribution in [1.82, 2.24) is 25.5 Å². The molecule has 0 unspecified atom stereocenters. The summed E-state index contributed by atoms with van der Waals surface area (Å²) in [6, 6.07) is 6.83. The molecule has 0 aliphatic heterocycles. The third kappa shape index (κ3) is 5.86. The number of aromatic nitrogens is 4. The van der Waals surface area contributed by atoms with Crippen molar-refractivity contribution in [2.75, 3.05) is 17.6 Å². The van der Waals surface area contributed by atoms with Gasteiger partial charge in [-0.3, -0.25) is 9.59 Å². The lowest BCUT2D eigenvalue weighted by Gasteiger charge is -2.08. The highest BCUT2D eigenvalue weighted by molar-refractivity contribution is 7.99. The molecule has 2 N–H and O–H groups in total. The lowest BCUT2D eigenvalue weighted by atomic mass is 10.2. The zero-order chi connectivity index (χ0) is 18.2. The van der Waals surface area contributed by atoms with Crippen molar-refractivity contribution in [2.24, 2.45) is 5.92 Å². The molecule has 0 saturated heterocycles. The molecule has 1 heterocycles. The Balaban J connectivity index is 1.91. The number of nitrogens with one attached hydrogen (secondary N) is 2. The van der Waals surface area contributed by atoms with Gasteiger partial charge in [0, 0.05) is 24.3 Å². The monoisotopic (exact) mass is 362 g/mol. The van der Waals surface area contributed by atoms with E-state index in [2.05, 4.69) is 40.0 Å². The zero-order valence-electron chi connectivity index (χ0n) is 14.5. The van der Waals surface area contributed by atoms with Crippen LogP contribution < -0.4 is 10.6 Å². The van der Waals surface area contributed by atoms with Crippen LogP contribution in [0.1, 0.15) is 31.1 Å². The molecule has 9 heteroatoms. The fourth-order valence-corrected chi connectivity index (χ4v) is 2.77. The van der Waals surface area contributed by atoms with Crippen molar-refractivity contribution in [3.05, 3.63) is 29.8 Å². The van der Waals surface area contributed by atoms with Crippen LogP contribution in [0, 0.1) is 5.92 Å². The van der Waals surface area contributed by atoms with Crippen molar-refractivity contribution >= 4 is 29.3 Å². The molecular weight excluding hydrogens is 340 g/mol. The number of thioether (sulfide) groups is 1. The highest BCUT2D eigenvalue weighted by Crippen LogP contribution is 2.16. The van der Waals surface area contributed by atoms with Crippen LogP contribution in [-0.4, -0.2) is 44.3 Å². The molecule has 0 fully saturated rings. The summed E-state index contributed by atoms with van der Waals surface area (Å²) in [7, 11) is 0. The third-order valence-corrected chi connectivity index (χ3v) is 4.07. The van der Waals surface area contributed by atoms with E-state index in [4.69, 9.17) is 0 Å². The minimum Gasteiger partial charge on any atom is -0.352 e. The molecule has 0 saturated carbocycles. The molecule has 2 aromatic rings. The maximum Gasteiger partial charge on any atom is 0.251 e. The summed E-state index contributed by atoms with van der Waals surface area (Å²) in [5.41, 5.74) is 1.09. The van der Waals surface area contributed by atoms with E-state index < -0.39 is 0 Å². The maximum absolute atomic E-state index is 12.1. The van der Waals surface area contributed by atoms with Gasteiger partial charge in [0.25, 0.3) is 5.91 Å². The lowest BCUT2D eigenvalue weighted by molar-refractivity contribution is -0.113. The molecule has 0 radical (unpaired) electrons. The summed E-state index contributed by atoms with van der Waals surface area (Å²) in [5, 5.41) is 17.6. The molecule has 25 heavy (non-hydrogen) atoms. The Labute approximate surface area is 150 Å². The fourth-order valence-electron chi connectivity index (χ4n) is 2.09. The summed E-state index contributed by atoms with van der Waals surface area (Å²) in [4.78, 5) is 24.0. The van der Waals surface area contributed by atoms with E-state index in [1.807, 2.05) is 6.92 Å². The highest BCUT2D eigenvalue weighted by Gasteiger charge is 2.12. The van der Waals surface area contributed by atoms with Crippen LogP contribution in [0.15, 0.2) is 29.4 Å². The van der Waals surface area contributed by atoms with Crippen LogP contribution in [0.25, 0.3) is 0 Å². The van der Waals surface area contributed by atoms with Gasteiger partial charge in [-0.05, 0) is 41.5 Å². The minimum absolute atomic E-state index is 0.166. The second kappa shape index (κ2) is 9.16. The van der Waals surface area contributed by atoms with Crippen molar-refractivity contribution in [3.63, 3.8) is 0 Å². The number of amides is 2. The van der Waals surface area contributed by atoms with Gasteiger partial charge in [-0.15, -0.1) is 5.10 Å². The van der Waals surface area contributed by atoms with Crippen molar-refractivity contribution in [1.29, 1.82) is 0 Å². The summed E-state index contributed by atoms with van der Waals surface area (Å²) in [5.74, 6) is 0.246. The van der Waals surface area contributed by atoms with Crippen molar-refractivity contribution in [2.45, 2.75) is 32.5 Å². The first kappa shape index (κ1) is 18.9. The first-order valence-corrected chi connectivity index (χ1v) is 9.05. The quantitative estimate of drug-likeness (QED) is 0.695. The first-order valence-electron chi connectivity index (χ1n) is 8.06. The largest absolute Gasteiger partial charge is 0.352 e. The normalized spacial score (nSPS) is 10.7. The number of nitrogens with zero attached hydrogens (tertiary/aromatic N) is 4. The molecule has 2 rings (SSSR count). The van der Waals surface area contributed by atoms with E-state index in [1.54, 1.807) is 28.9 Å². The van der Waals surface area contributed by atoms with Crippen LogP contribution in [0.4, 0.5) is 5.69 Å². The highest BCUT2D eigenvalue weighted by atomic mass is 32.2. The topological polar surface area (TPSA) is 102 Å². The number of carbonyl (C=O) groups is 2. The molecule has 1 aromatic heterocycles. The Kier molecular flexibility index (Phi) is 6.93. The predicted octanol–water partition coefficient (Wildman–Crippen LogP) is 1.81.